The summed E-state index contributed by atoms with van der Waals surface area (Å²) in [6, 6.07) is 89.7. The number of nitrogens with zero attached hydrogens (tertiary/aromatic N) is 2. The molecule has 7 unspecified atom stereocenters. The van der Waals surface area contributed by atoms with Gasteiger partial charge in [-0.05, 0) is 125 Å². The summed E-state index contributed by atoms with van der Waals surface area (Å²) in [5.74, 6) is 2.75. The predicted octanol–water partition coefficient (Wildman–Crippen LogP) is 12.6. The molecule has 604 valence electrons. The Morgan fingerprint density at radius 3 is 0.938 bits per heavy atom. The fraction of sp³-hybridized carbons (Fsp3) is 0.344. The first-order valence-electron chi connectivity index (χ1n) is 38.0. The Hall–Kier alpha value is -8.82. The summed E-state index contributed by atoms with van der Waals surface area (Å²) in [6.07, 6.45) is 9.70. The highest BCUT2D eigenvalue weighted by molar-refractivity contribution is 8.13. The van der Waals surface area contributed by atoms with E-state index in [2.05, 4.69) is 86.3 Å². The second-order valence-electron chi connectivity index (χ2n) is 27.2. The van der Waals surface area contributed by atoms with Crippen LogP contribution in [-0.2, 0) is 96.8 Å². The van der Waals surface area contributed by atoms with Gasteiger partial charge in [0.1, 0.15) is 13.2 Å². The molecule has 0 heterocycles. The minimum absolute atomic E-state index is 0.00608. The maximum atomic E-state index is 11.7. The number of rotatable bonds is 39. The number of amides is 4. The van der Waals surface area contributed by atoms with Crippen molar-refractivity contribution >= 4 is 66.8 Å². The number of nitrogens with two attached hydrogens (primary N) is 7. The van der Waals surface area contributed by atoms with E-state index in [-0.39, 0.29) is 65.6 Å². The van der Waals surface area contributed by atoms with Crippen molar-refractivity contribution in [3.8, 4) is 0 Å². The van der Waals surface area contributed by atoms with Gasteiger partial charge in [0.2, 0.25) is 24.6 Å². The van der Waals surface area contributed by atoms with Crippen LogP contribution in [0.1, 0.15) is 103 Å². The molecule has 9 rings (SSSR count). The third kappa shape index (κ3) is 51.7. The summed E-state index contributed by atoms with van der Waals surface area (Å²) in [6.45, 7) is 7.66. The molecule has 0 fully saturated rings. The smallest absolute Gasteiger partial charge is 0.245 e. The first-order valence-corrected chi connectivity index (χ1v) is 40.2. The highest BCUT2D eigenvalue weighted by Gasteiger charge is 2.15. The first-order chi connectivity index (χ1) is 54.2. The van der Waals surface area contributed by atoms with Crippen molar-refractivity contribution in [1.82, 2.24) is 20.9 Å². The molecule has 0 bridgehead atoms. The molecule has 112 heavy (non-hydrogen) atoms. The van der Waals surface area contributed by atoms with Crippen LogP contribution in [0.2, 0.25) is 0 Å². The lowest BCUT2D eigenvalue weighted by molar-refractivity contribution is -0.179. The maximum Gasteiger partial charge on any atom is 0.245 e. The number of nitrogens with one attached hydrogen (secondary N) is 2. The zero-order chi connectivity index (χ0) is 81.6. The average molecular weight is 1580 g/mol. The molecule has 0 aliphatic rings. The Kier molecular flexibility index (Phi) is 54.5. The summed E-state index contributed by atoms with van der Waals surface area (Å²) in [7, 11) is 1.62. The molecule has 19 nitrogen and oxygen atoms in total. The molecule has 0 aliphatic heterocycles. The van der Waals surface area contributed by atoms with Gasteiger partial charge < -0.3 is 45.5 Å². The van der Waals surface area contributed by atoms with Crippen molar-refractivity contribution in [1.29, 1.82) is 0 Å². The van der Waals surface area contributed by atoms with E-state index in [9.17, 15) is 24.0 Å². The molecule has 0 aromatic heterocycles. The van der Waals surface area contributed by atoms with Crippen LogP contribution in [-0.4, -0.2) is 120 Å². The van der Waals surface area contributed by atoms with Crippen molar-refractivity contribution in [2.45, 2.75) is 154 Å². The van der Waals surface area contributed by atoms with E-state index >= 15 is 0 Å². The van der Waals surface area contributed by atoms with Gasteiger partial charge in [-0.1, -0.05) is 299 Å². The van der Waals surface area contributed by atoms with Crippen LogP contribution in [0.3, 0.4) is 0 Å². The fourth-order valence-corrected chi connectivity index (χ4v) is 12.0. The zero-order valence-electron chi connectivity index (χ0n) is 65.7. The minimum Gasteiger partial charge on any atom is -0.359 e. The number of thiol groups is 2. The Balaban J connectivity index is 0.000000342. The van der Waals surface area contributed by atoms with Crippen molar-refractivity contribution in [2.75, 3.05) is 37.4 Å². The zero-order valence-corrected chi connectivity index (χ0v) is 68.3. The van der Waals surface area contributed by atoms with Crippen LogP contribution >= 0.6 is 37.0 Å². The molecule has 0 spiro atoms. The van der Waals surface area contributed by atoms with Gasteiger partial charge in [0.05, 0.1) is 19.7 Å². The van der Waals surface area contributed by atoms with E-state index in [0.29, 0.717) is 76.7 Å². The second-order valence-corrected chi connectivity index (χ2v) is 29.3. The van der Waals surface area contributed by atoms with Crippen LogP contribution in [0.4, 0.5) is 0 Å². The first kappa shape index (κ1) is 97.4. The molecule has 0 saturated carbocycles. The number of carbonyl (C=O) groups is 5. The molecule has 9 aromatic rings. The Bertz CT molecular complexity index is 3730. The molecule has 0 radical (unpaired) electrons. The summed E-state index contributed by atoms with van der Waals surface area (Å²) < 4.78 is 0. The van der Waals surface area contributed by atoms with Gasteiger partial charge in [-0.15, -0.1) is 0 Å². The number of benzene rings is 9. The number of hydrogen-bond acceptors (Lipinski definition) is 18. The van der Waals surface area contributed by atoms with Gasteiger partial charge >= 0.3 is 0 Å². The van der Waals surface area contributed by atoms with E-state index in [1.54, 1.807) is 14.0 Å². The lowest BCUT2D eigenvalue weighted by atomic mass is 10.0. The molecule has 0 saturated heterocycles. The summed E-state index contributed by atoms with van der Waals surface area (Å²) >= 11 is 9.59. The quantitative estimate of drug-likeness (QED) is 0.00969. The minimum atomic E-state index is -0.215. The predicted molar refractivity (Wildman–Crippen MR) is 467 cm³/mol. The highest BCUT2D eigenvalue weighted by atomic mass is 32.2. The van der Waals surface area contributed by atoms with Crippen molar-refractivity contribution in [2.24, 2.45) is 46.1 Å². The molecule has 0 aliphatic carbocycles. The topological polar surface area (TPSA) is 326 Å². The summed E-state index contributed by atoms with van der Waals surface area (Å²) in [4.78, 5) is 71.5. The normalized spacial score (nSPS) is 12.3. The van der Waals surface area contributed by atoms with Crippen LogP contribution in [0.5, 0.6) is 0 Å². The van der Waals surface area contributed by atoms with E-state index in [0.717, 1.165) is 84.3 Å². The summed E-state index contributed by atoms with van der Waals surface area (Å²) in [5.41, 5.74) is 54.2. The largest absolute Gasteiger partial charge is 0.359 e. The molecule has 22 heteroatoms. The monoisotopic (exact) mass is 1580 g/mol. The Morgan fingerprint density at radius 1 is 0.384 bits per heavy atom. The van der Waals surface area contributed by atoms with Crippen LogP contribution in [0, 0.1) is 5.92 Å². The molecule has 4 amide bonds. The fourth-order valence-electron chi connectivity index (χ4n) is 10.8. The van der Waals surface area contributed by atoms with Crippen molar-refractivity contribution in [3.05, 3.63) is 323 Å². The molecular weight excluding hydrogens is 1460 g/mol. The van der Waals surface area contributed by atoms with Crippen molar-refractivity contribution < 1.29 is 38.5 Å². The highest BCUT2D eigenvalue weighted by Crippen LogP contribution is 2.13. The molecule has 16 N–H and O–H groups in total. The van der Waals surface area contributed by atoms with E-state index in [1.807, 2.05) is 237 Å². The number of hydroxylamine groups is 5. The summed E-state index contributed by atoms with van der Waals surface area (Å²) in [5, 5.41) is 5.24. The number of thioether (sulfide) groups is 1. The maximum absolute atomic E-state index is 11.7. The average Bonchev–Trinajstić information content (AvgIpc) is 0.854. The van der Waals surface area contributed by atoms with Gasteiger partial charge in [0, 0.05) is 74.9 Å². The van der Waals surface area contributed by atoms with Gasteiger partial charge in [0.15, 0.2) is 5.12 Å². The van der Waals surface area contributed by atoms with Crippen LogP contribution < -0.4 is 50.9 Å². The van der Waals surface area contributed by atoms with Crippen LogP contribution in [0.25, 0.3) is 0 Å². The molecular formula is C90H123N11O8S3. The van der Waals surface area contributed by atoms with E-state index < -0.39 is 0 Å². The molecule has 9 aromatic carbocycles. The Morgan fingerprint density at radius 2 is 0.652 bits per heavy atom. The van der Waals surface area contributed by atoms with Gasteiger partial charge in [-0.25, -0.2) is 15.6 Å². The third-order valence-electron chi connectivity index (χ3n) is 16.3. The number of carbonyl (C=O) groups excluding carboxylic acids is 5. The van der Waals surface area contributed by atoms with Crippen molar-refractivity contribution in [3.63, 3.8) is 0 Å². The number of hydrogen-bond donors (Lipinski definition) is 11. The van der Waals surface area contributed by atoms with Gasteiger partial charge in [0.25, 0.3) is 0 Å². The SMILES string of the molecule is CC(=O)SCC(N)Cc1ccccc1.CC(C)CC(N)CN(C=O)OCc1ccccc1.CNC(=O)CC(N)Cc1ccccc1.NC(CC(=O)NOCc1ccccc1)Cc1ccccc1.NC(CCS)Cc1ccccc1.NC(CCS)Cc1ccccc1.NC(Cc1ccccc1)CN(C=O)OCc1ccccc1. The van der Waals surface area contributed by atoms with E-state index in [1.165, 1.54) is 44.1 Å². The lowest BCUT2D eigenvalue weighted by Gasteiger charge is -2.22. The van der Waals surface area contributed by atoms with Gasteiger partial charge in [-0.3, -0.25) is 38.5 Å². The Labute approximate surface area is 682 Å². The third-order valence-corrected chi connectivity index (χ3v) is 17.8. The van der Waals surface area contributed by atoms with E-state index in [4.69, 9.17) is 54.6 Å². The molecule has 7 atom stereocenters. The van der Waals surface area contributed by atoms with Gasteiger partial charge in [-0.2, -0.15) is 25.3 Å². The second kappa shape index (κ2) is 62.7. The standard InChI is InChI=1S/2C17H20N2O2.C14H22N2O2.C11H16N2O.C11H15NOS.2C10H15NS/c18-17(11-15-7-3-1-4-8-15)12-19(14-20)21-13-16-9-5-2-6-10-16;18-16(11-14-7-3-1-4-8-14)12-17(20)19-21-13-15-9-5-2-6-10-15;1-12(2)8-14(15)9-16(11-17)18-10-13-6-4-3-5-7-13;1-13-11(14)8-10(12)7-9-5-3-2-4-6-9;1-9(13)14-8-11(12)7-10-5-3-2-4-6-10;2*11-10(6-7-12)8-9-4-2-1-3-5-9/h1-10,14,17H,11-13,18H2;1-10,16H,11-13,18H2,(H,19,20);3-7,11-12,14H,8-10,15H2,1-2H3;2-6,10H,7-8,12H2,1H3,(H,13,14);2-6,11H,7-8,12H2,1H3;2*1-5,10,12H,6-8,11H2. The van der Waals surface area contributed by atoms with Crippen LogP contribution in [0.15, 0.2) is 273 Å². The lowest BCUT2D eigenvalue weighted by Crippen LogP contribution is -2.38.